The molecule has 0 unspecified atom stereocenters. The summed E-state index contributed by atoms with van der Waals surface area (Å²) in [6, 6.07) is 3.82. The number of benzene rings is 1. The summed E-state index contributed by atoms with van der Waals surface area (Å²) < 4.78 is 18.7. The van der Waals surface area contributed by atoms with Crippen molar-refractivity contribution in [3.8, 4) is 5.75 Å². The molecule has 0 heterocycles. The van der Waals surface area contributed by atoms with E-state index in [9.17, 15) is 4.39 Å². The summed E-state index contributed by atoms with van der Waals surface area (Å²) in [6.45, 7) is 0. The van der Waals surface area contributed by atoms with Gasteiger partial charge in [-0.2, -0.15) is 0 Å². The van der Waals surface area contributed by atoms with E-state index in [4.69, 9.17) is 14.8 Å². The molecule has 3 nitrogen and oxygen atoms in total. The average molecular weight is 238 g/mol. The molecule has 92 valence electrons. The number of hydrogen-bond acceptors (Lipinski definition) is 3. The largest absolute Gasteiger partial charge is 0.492 e. The average Bonchev–Trinajstić information content (AvgIpc) is 2.32. The Morgan fingerprint density at radius 3 is 2.53 bits per heavy atom. The third-order valence-electron chi connectivity index (χ3n) is 3.10. The normalized spacial score (nSPS) is 16.9. The Kier molecular flexibility index (Phi) is 4.02. The minimum atomic E-state index is -1.70. The zero-order valence-corrected chi connectivity index (χ0v) is 9.60. The molecule has 0 spiro atoms. The van der Waals surface area contributed by atoms with Crippen LogP contribution >= 0.6 is 0 Å². The summed E-state index contributed by atoms with van der Waals surface area (Å²) in [6.07, 6.45) is 5.52. The minimum Gasteiger partial charge on any atom is -0.491 e. The van der Waals surface area contributed by atoms with Gasteiger partial charge in [-0.15, -0.1) is 0 Å². The van der Waals surface area contributed by atoms with E-state index in [0.717, 1.165) is 31.7 Å². The molecule has 1 saturated carbocycles. The van der Waals surface area contributed by atoms with Crippen molar-refractivity contribution in [1.82, 2.24) is 0 Å². The fourth-order valence-corrected chi connectivity index (χ4v) is 2.19. The van der Waals surface area contributed by atoms with Gasteiger partial charge in [0.1, 0.15) is 11.6 Å². The predicted molar refractivity (Wildman–Crippen MR) is 63.7 cm³/mol. The summed E-state index contributed by atoms with van der Waals surface area (Å²) in [5.41, 5.74) is 0.0931. The van der Waals surface area contributed by atoms with Gasteiger partial charge in [0.25, 0.3) is 0 Å². The fourth-order valence-electron chi connectivity index (χ4n) is 2.19. The molecule has 0 bridgehead atoms. The van der Waals surface area contributed by atoms with Crippen LogP contribution in [-0.4, -0.2) is 23.3 Å². The monoisotopic (exact) mass is 238 g/mol. The highest BCUT2D eigenvalue weighted by atomic mass is 19.1. The highest BCUT2D eigenvalue weighted by molar-refractivity contribution is 6.59. The van der Waals surface area contributed by atoms with E-state index in [1.54, 1.807) is 0 Å². The predicted octanol–water partition coefficient (Wildman–Crippen LogP) is 1.22. The van der Waals surface area contributed by atoms with Gasteiger partial charge in [0.2, 0.25) is 0 Å². The first kappa shape index (κ1) is 12.4. The van der Waals surface area contributed by atoms with Crippen LogP contribution in [0, 0.1) is 5.82 Å². The maximum atomic E-state index is 13.0. The summed E-state index contributed by atoms with van der Waals surface area (Å²) >= 11 is 0. The second-order valence-corrected chi connectivity index (χ2v) is 4.43. The van der Waals surface area contributed by atoms with Crippen molar-refractivity contribution in [1.29, 1.82) is 0 Å². The van der Waals surface area contributed by atoms with E-state index in [0.29, 0.717) is 5.75 Å². The van der Waals surface area contributed by atoms with Crippen LogP contribution in [0.4, 0.5) is 4.39 Å². The van der Waals surface area contributed by atoms with Gasteiger partial charge in [0.05, 0.1) is 6.10 Å². The Bertz CT molecular complexity index is 378. The van der Waals surface area contributed by atoms with Crippen molar-refractivity contribution < 1.29 is 19.2 Å². The van der Waals surface area contributed by atoms with Crippen LogP contribution in [0.2, 0.25) is 0 Å². The van der Waals surface area contributed by atoms with Gasteiger partial charge in [0, 0.05) is 5.46 Å². The molecule has 5 heteroatoms. The fraction of sp³-hybridized carbons (Fsp3) is 0.500. The molecular formula is C12H16BFO3. The van der Waals surface area contributed by atoms with E-state index < -0.39 is 12.9 Å². The smallest absolute Gasteiger partial charge is 0.491 e. The first-order chi connectivity index (χ1) is 8.16. The van der Waals surface area contributed by atoms with Crippen molar-refractivity contribution in [3.05, 3.63) is 24.0 Å². The number of rotatable bonds is 3. The maximum Gasteiger partial charge on any atom is 0.492 e. The second-order valence-electron chi connectivity index (χ2n) is 4.43. The van der Waals surface area contributed by atoms with Crippen LogP contribution in [0.1, 0.15) is 32.1 Å². The van der Waals surface area contributed by atoms with Crippen molar-refractivity contribution in [3.63, 3.8) is 0 Å². The Hall–Kier alpha value is -1.07. The second kappa shape index (κ2) is 5.51. The summed E-state index contributed by atoms with van der Waals surface area (Å²) in [7, 11) is -1.70. The van der Waals surface area contributed by atoms with Gasteiger partial charge in [-0.1, -0.05) is 6.42 Å². The highest BCUT2D eigenvalue weighted by Gasteiger charge is 2.21. The van der Waals surface area contributed by atoms with Crippen LogP contribution in [0.5, 0.6) is 5.75 Å². The molecule has 1 fully saturated rings. The molecule has 1 aromatic carbocycles. The number of halogens is 1. The van der Waals surface area contributed by atoms with Gasteiger partial charge < -0.3 is 14.8 Å². The van der Waals surface area contributed by atoms with Crippen molar-refractivity contribution in [2.75, 3.05) is 0 Å². The topological polar surface area (TPSA) is 49.7 Å². The maximum absolute atomic E-state index is 13.0. The Morgan fingerprint density at radius 1 is 1.18 bits per heavy atom. The Balaban J connectivity index is 2.13. The molecule has 0 amide bonds. The zero-order valence-electron chi connectivity index (χ0n) is 9.60. The molecule has 0 saturated heterocycles. The molecule has 17 heavy (non-hydrogen) atoms. The molecule has 2 N–H and O–H groups in total. The van der Waals surface area contributed by atoms with E-state index in [-0.39, 0.29) is 11.6 Å². The third-order valence-corrected chi connectivity index (χ3v) is 3.10. The molecule has 0 aromatic heterocycles. The van der Waals surface area contributed by atoms with Crippen molar-refractivity contribution in [2.45, 2.75) is 38.2 Å². The first-order valence-electron chi connectivity index (χ1n) is 5.99. The third kappa shape index (κ3) is 3.20. The van der Waals surface area contributed by atoms with Gasteiger partial charge in [-0.3, -0.25) is 0 Å². The lowest BCUT2D eigenvalue weighted by molar-refractivity contribution is 0.156. The van der Waals surface area contributed by atoms with E-state index in [1.807, 2.05) is 0 Å². The molecule has 1 aliphatic rings. The number of ether oxygens (including phenoxy) is 1. The van der Waals surface area contributed by atoms with Crippen LogP contribution < -0.4 is 10.2 Å². The standard InChI is InChI=1S/C12H16BFO3/c14-9-6-7-12(11(8-9)13(15)16)17-10-4-2-1-3-5-10/h6-8,10,15-16H,1-5H2. The lowest BCUT2D eigenvalue weighted by atomic mass is 9.79. The van der Waals surface area contributed by atoms with Crippen LogP contribution in [0.15, 0.2) is 18.2 Å². The Labute approximate surface area is 100 Å². The van der Waals surface area contributed by atoms with E-state index in [2.05, 4.69) is 0 Å². The summed E-state index contributed by atoms with van der Waals surface area (Å²) in [4.78, 5) is 0. The summed E-state index contributed by atoms with van der Waals surface area (Å²) in [5, 5.41) is 18.3. The first-order valence-corrected chi connectivity index (χ1v) is 5.99. The lowest BCUT2D eigenvalue weighted by Crippen LogP contribution is -2.33. The van der Waals surface area contributed by atoms with Crippen LogP contribution in [0.25, 0.3) is 0 Å². The van der Waals surface area contributed by atoms with E-state index in [1.165, 1.54) is 18.6 Å². The Morgan fingerprint density at radius 2 is 1.88 bits per heavy atom. The molecule has 0 radical (unpaired) electrons. The lowest BCUT2D eigenvalue weighted by Gasteiger charge is -2.24. The SMILES string of the molecule is OB(O)c1cc(F)ccc1OC1CCCCC1. The van der Waals surface area contributed by atoms with E-state index >= 15 is 0 Å². The van der Waals surface area contributed by atoms with Crippen LogP contribution in [-0.2, 0) is 0 Å². The molecule has 0 atom stereocenters. The van der Waals surface area contributed by atoms with Gasteiger partial charge in [-0.05, 0) is 43.9 Å². The van der Waals surface area contributed by atoms with Gasteiger partial charge in [0.15, 0.2) is 0 Å². The molecule has 2 rings (SSSR count). The minimum absolute atomic E-state index is 0.0931. The number of hydrogen-bond donors (Lipinski definition) is 2. The molecule has 1 aromatic rings. The zero-order chi connectivity index (χ0) is 12.3. The van der Waals surface area contributed by atoms with Crippen molar-refractivity contribution >= 4 is 12.6 Å². The highest BCUT2D eigenvalue weighted by Crippen LogP contribution is 2.22. The molecule has 1 aliphatic carbocycles. The molecular weight excluding hydrogens is 222 g/mol. The van der Waals surface area contributed by atoms with Gasteiger partial charge in [-0.25, -0.2) is 4.39 Å². The quantitative estimate of drug-likeness (QED) is 0.778. The molecule has 0 aliphatic heterocycles. The van der Waals surface area contributed by atoms with Gasteiger partial charge >= 0.3 is 7.12 Å². The summed E-state index contributed by atoms with van der Waals surface area (Å²) in [5.74, 6) is -0.127. The van der Waals surface area contributed by atoms with Crippen LogP contribution in [0.3, 0.4) is 0 Å². The van der Waals surface area contributed by atoms with Crippen molar-refractivity contribution in [2.24, 2.45) is 0 Å².